The van der Waals surface area contributed by atoms with Crippen LogP contribution >= 0.6 is 0 Å². The highest BCUT2D eigenvalue weighted by atomic mass is 16.5. The fourth-order valence-electron chi connectivity index (χ4n) is 2.39. The Hall–Kier alpha value is -1.39. The summed E-state index contributed by atoms with van der Waals surface area (Å²) in [6.07, 6.45) is 2.11. The number of carbonyl (C=O) groups is 1. The molecule has 1 atom stereocenters. The van der Waals surface area contributed by atoms with E-state index >= 15 is 0 Å². The predicted molar refractivity (Wildman–Crippen MR) is 72.6 cm³/mol. The van der Waals surface area contributed by atoms with Gasteiger partial charge in [-0.25, -0.2) is 0 Å². The summed E-state index contributed by atoms with van der Waals surface area (Å²) in [4.78, 5) is 12.2. The SMILES string of the molecule is O=C(NC(CCO)c1ccccc1)C1CCOCC1. The molecule has 1 aliphatic rings. The lowest BCUT2D eigenvalue weighted by molar-refractivity contribution is -0.128. The topological polar surface area (TPSA) is 58.6 Å². The van der Waals surface area contributed by atoms with E-state index in [0.717, 1.165) is 18.4 Å². The Morgan fingerprint density at radius 2 is 2.00 bits per heavy atom. The number of hydrogen-bond donors (Lipinski definition) is 2. The molecule has 1 unspecified atom stereocenters. The van der Waals surface area contributed by atoms with Gasteiger partial charge in [0.2, 0.25) is 5.91 Å². The number of carbonyl (C=O) groups excluding carboxylic acids is 1. The van der Waals surface area contributed by atoms with Gasteiger partial charge in [0, 0.05) is 25.7 Å². The Morgan fingerprint density at radius 1 is 1.32 bits per heavy atom. The molecule has 1 fully saturated rings. The second-order valence-electron chi connectivity index (χ2n) is 4.87. The first kappa shape index (κ1) is 14.0. The van der Waals surface area contributed by atoms with Gasteiger partial charge in [0.1, 0.15) is 0 Å². The Labute approximate surface area is 113 Å². The van der Waals surface area contributed by atoms with Gasteiger partial charge in [-0.1, -0.05) is 30.3 Å². The van der Waals surface area contributed by atoms with Crippen LogP contribution in [0.1, 0.15) is 30.9 Å². The third kappa shape index (κ3) is 4.04. The average molecular weight is 263 g/mol. The smallest absolute Gasteiger partial charge is 0.223 e. The maximum atomic E-state index is 12.2. The molecular weight excluding hydrogens is 242 g/mol. The van der Waals surface area contributed by atoms with Gasteiger partial charge < -0.3 is 15.2 Å². The van der Waals surface area contributed by atoms with Crippen molar-refractivity contribution in [3.63, 3.8) is 0 Å². The van der Waals surface area contributed by atoms with Crippen molar-refractivity contribution in [1.29, 1.82) is 0 Å². The number of benzene rings is 1. The molecule has 4 heteroatoms. The first-order chi connectivity index (χ1) is 9.31. The van der Waals surface area contributed by atoms with Crippen LogP contribution in [0.5, 0.6) is 0 Å². The summed E-state index contributed by atoms with van der Waals surface area (Å²) in [5.41, 5.74) is 1.04. The van der Waals surface area contributed by atoms with Gasteiger partial charge in [-0.2, -0.15) is 0 Å². The van der Waals surface area contributed by atoms with E-state index in [1.807, 2.05) is 30.3 Å². The first-order valence-corrected chi connectivity index (χ1v) is 6.85. The number of amides is 1. The Bertz CT molecular complexity index is 388. The summed E-state index contributed by atoms with van der Waals surface area (Å²) in [7, 11) is 0. The molecule has 0 aliphatic carbocycles. The third-order valence-electron chi connectivity index (χ3n) is 3.53. The molecule has 1 saturated heterocycles. The van der Waals surface area contributed by atoms with Crippen LogP contribution in [0.3, 0.4) is 0 Å². The maximum absolute atomic E-state index is 12.2. The van der Waals surface area contributed by atoms with E-state index < -0.39 is 0 Å². The lowest BCUT2D eigenvalue weighted by Crippen LogP contribution is -2.37. The first-order valence-electron chi connectivity index (χ1n) is 6.85. The molecule has 1 aliphatic heterocycles. The zero-order valence-corrected chi connectivity index (χ0v) is 11.0. The largest absolute Gasteiger partial charge is 0.396 e. The molecule has 4 nitrogen and oxygen atoms in total. The summed E-state index contributed by atoms with van der Waals surface area (Å²) in [6.45, 7) is 1.38. The molecule has 0 radical (unpaired) electrons. The van der Waals surface area contributed by atoms with Crippen LogP contribution in [0.2, 0.25) is 0 Å². The molecule has 2 rings (SSSR count). The fourth-order valence-corrected chi connectivity index (χ4v) is 2.39. The molecular formula is C15H21NO3. The van der Waals surface area contributed by atoms with E-state index in [4.69, 9.17) is 9.84 Å². The van der Waals surface area contributed by atoms with Gasteiger partial charge in [0.15, 0.2) is 0 Å². The highest BCUT2D eigenvalue weighted by molar-refractivity contribution is 5.79. The normalized spacial score (nSPS) is 17.9. The molecule has 1 heterocycles. The van der Waals surface area contributed by atoms with Crippen LogP contribution in [0.15, 0.2) is 30.3 Å². The molecule has 0 bridgehead atoms. The summed E-state index contributed by atoms with van der Waals surface area (Å²) in [5.74, 6) is 0.115. The predicted octanol–water partition coefficient (Wildman–Crippen LogP) is 1.65. The van der Waals surface area contributed by atoms with Crippen LogP contribution in [0.4, 0.5) is 0 Å². The van der Waals surface area contributed by atoms with Crippen molar-refractivity contribution in [3.05, 3.63) is 35.9 Å². The van der Waals surface area contributed by atoms with Crippen molar-refractivity contribution < 1.29 is 14.6 Å². The zero-order chi connectivity index (χ0) is 13.5. The summed E-state index contributed by atoms with van der Waals surface area (Å²) in [6, 6.07) is 9.68. The highest BCUT2D eigenvalue weighted by Gasteiger charge is 2.24. The Morgan fingerprint density at radius 3 is 2.63 bits per heavy atom. The minimum atomic E-state index is -0.110. The van der Waals surface area contributed by atoms with Gasteiger partial charge in [0.25, 0.3) is 0 Å². The molecule has 0 aromatic heterocycles. The van der Waals surface area contributed by atoms with E-state index in [1.165, 1.54) is 0 Å². The van der Waals surface area contributed by atoms with Gasteiger partial charge in [-0.15, -0.1) is 0 Å². The van der Waals surface area contributed by atoms with Gasteiger partial charge in [-0.05, 0) is 24.8 Å². The molecule has 0 spiro atoms. The maximum Gasteiger partial charge on any atom is 0.223 e. The van der Waals surface area contributed by atoms with E-state index in [0.29, 0.717) is 19.6 Å². The second kappa shape index (κ2) is 7.26. The minimum absolute atomic E-state index is 0.0404. The number of nitrogens with one attached hydrogen (secondary N) is 1. The molecule has 1 aromatic rings. The van der Waals surface area contributed by atoms with Gasteiger partial charge >= 0.3 is 0 Å². The van der Waals surface area contributed by atoms with Gasteiger partial charge in [-0.3, -0.25) is 4.79 Å². The zero-order valence-electron chi connectivity index (χ0n) is 11.0. The number of ether oxygens (including phenoxy) is 1. The lowest BCUT2D eigenvalue weighted by atomic mass is 9.97. The standard InChI is InChI=1S/C15H21NO3/c17-9-6-14(12-4-2-1-3-5-12)16-15(18)13-7-10-19-11-8-13/h1-5,13-14,17H,6-11H2,(H,16,18). The van der Waals surface area contributed by atoms with Gasteiger partial charge in [0.05, 0.1) is 6.04 Å². The van der Waals surface area contributed by atoms with E-state index in [-0.39, 0.29) is 24.5 Å². The average Bonchev–Trinajstić information content (AvgIpc) is 2.48. The minimum Gasteiger partial charge on any atom is -0.396 e. The lowest BCUT2D eigenvalue weighted by Gasteiger charge is -2.25. The molecule has 1 aromatic carbocycles. The highest BCUT2D eigenvalue weighted by Crippen LogP contribution is 2.20. The fraction of sp³-hybridized carbons (Fsp3) is 0.533. The molecule has 1 amide bonds. The van der Waals surface area contributed by atoms with Crippen molar-refractivity contribution in [1.82, 2.24) is 5.32 Å². The number of rotatable bonds is 5. The monoisotopic (exact) mass is 263 g/mol. The third-order valence-corrected chi connectivity index (χ3v) is 3.53. The van der Waals surface area contributed by atoms with Crippen LogP contribution in [-0.4, -0.2) is 30.8 Å². The molecule has 104 valence electrons. The van der Waals surface area contributed by atoms with E-state index in [2.05, 4.69) is 5.32 Å². The van der Waals surface area contributed by atoms with Crippen molar-refractivity contribution in [2.24, 2.45) is 5.92 Å². The van der Waals surface area contributed by atoms with Crippen LogP contribution in [-0.2, 0) is 9.53 Å². The molecule has 2 N–H and O–H groups in total. The molecule has 0 saturated carbocycles. The van der Waals surface area contributed by atoms with Crippen molar-refractivity contribution >= 4 is 5.91 Å². The quantitative estimate of drug-likeness (QED) is 0.849. The van der Waals surface area contributed by atoms with Crippen molar-refractivity contribution in [2.75, 3.05) is 19.8 Å². The number of hydrogen-bond acceptors (Lipinski definition) is 3. The number of aliphatic hydroxyl groups is 1. The van der Waals surface area contributed by atoms with Crippen molar-refractivity contribution in [2.45, 2.75) is 25.3 Å². The summed E-state index contributed by atoms with van der Waals surface area (Å²) < 4.78 is 5.27. The van der Waals surface area contributed by atoms with Crippen LogP contribution in [0.25, 0.3) is 0 Å². The second-order valence-corrected chi connectivity index (χ2v) is 4.87. The Balaban J connectivity index is 1.98. The summed E-state index contributed by atoms with van der Waals surface area (Å²) in [5, 5.41) is 12.2. The number of aliphatic hydroxyl groups excluding tert-OH is 1. The van der Waals surface area contributed by atoms with Crippen LogP contribution in [0, 0.1) is 5.92 Å². The van der Waals surface area contributed by atoms with Crippen molar-refractivity contribution in [3.8, 4) is 0 Å². The Kier molecular flexibility index (Phi) is 5.36. The van der Waals surface area contributed by atoms with E-state index in [1.54, 1.807) is 0 Å². The van der Waals surface area contributed by atoms with E-state index in [9.17, 15) is 4.79 Å². The summed E-state index contributed by atoms with van der Waals surface area (Å²) >= 11 is 0. The molecule has 19 heavy (non-hydrogen) atoms. The van der Waals surface area contributed by atoms with Crippen LogP contribution < -0.4 is 5.32 Å².